The lowest BCUT2D eigenvalue weighted by molar-refractivity contribution is 0.175. The number of hydrogen-bond donors (Lipinski definition) is 0. The van der Waals surface area contributed by atoms with Gasteiger partial charge in [0, 0.05) is 19.6 Å². The highest BCUT2D eigenvalue weighted by Crippen LogP contribution is 2.34. The Bertz CT molecular complexity index is 1060. The van der Waals surface area contributed by atoms with Crippen molar-refractivity contribution in [2.24, 2.45) is 11.8 Å². The van der Waals surface area contributed by atoms with Crippen LogP contribution in [0.1, 0.15) is 63.8 Å². The van der Waals surface area contributed by atoms with Crippen LogP contribution in [0.25, 0.3) is 11.5 Å². The molecular formula is C27H35N5O. The van der Waals surface area contributed by atoms with Crippen molar-refractivity contribution >= 4 is 5.69 Å². The van der Waals surface area contributed by atoms with Gasteiger partial charge in [0.05, 0.1) is 11.9 Å². The van der Waals surface area contributed by atoms with Crippen molar-refractivity contribution in [2.75, 3.05) is 18.0 Å². The molecule has 1 aliphatic carbocycles. The average molecular weight is 446 g/mol. The van der Waals surface area contributed by atoms with E-state index in [2.05, 4.69) is 54.6 Å². The average Bonchev–Trinajstić information content (AvgIpc) is 3.47. The second-order valence-electron chi connectivity index (χ2n) is 10.1. The summed E-state index contributed by atoms with van der Waals surface area (Å²) in [5.74, 6) is 4.37. The van der Waals surface area contributed by atoms with Crippen molar-refractivity contribution in [3.8, 4) is 17.3 Å². The van der Waals surface area contributed by atoms with Crippen LogP contribution in [-0.2, 0) is 13.2 Å². The van der Waals surface area contributed by atoms with Gasteiger partial charge in [-0.1, -0.05) is 39.0 Å². The smallest absolute Gasteiger partial charge is 0.200 e. The van der Waals surface area contributed by atoms with Gasteiger partial charge in [0.2, 0.25) is 0 Å². The molecule has 6 nitrogen and oxygen atoms in total. The standard InChI is InChI=1S/C27H35N5O/c1-19(2)23-8-4-5-9-25(23)33-18-26-29-27(30-32(26)17-21-14-20(3)15-21)24-11-10-22(16-28-24)31-12-6-7-13-31/h4-5,8-11,16,19-21H,6-7,12-15,17-18H2,1-3H3. The number of rotatable bonds is 8. The fourth-order valence-corrected chi connectivity index (χ4v) is 5.11. The van der Waals surface area contributed by atoms with E-state index in [1.807, 2.05) is 18.3 Å². The largest absolute Gasteiger partial charge is 0.485 e. The maximum atomic E-state index is 6.26. The summed E-state index contributed by atoms with van der Waals surface area (Å²) in [5.41, 5.74) is 3.23. The Labute approximate surface area is 197 Å². The summed E-state index contributed by atoms with van der Waals surface area (Å²) in [4.78, 5) is 12.0. The van der Waals surface area contributed by atoms with Crippen LogP contribution < -0.4 is 9.64 Å². The Morgan fingerprint density at radius 1 is 1.06 bits per heavy atom. The second-order valence-corrected chi connectivity index (χ2v) is 10.1. The first-order chi connectivity index (χ1) is 16.1. The predicted octanol–water partition coefficient (Wildman–Crippen LogP) is 5.69. The van der Waals surface area contributed by atoms with E-state index >= 15 is 0 Å². The number of benzene rings is 1. The fraction of sp³-hybridized carbons (Fsp3) is 0.519. The Hall–Kier alpha value is -2.89. The highest BCUT2D eigenvalue weighted by molar-refractivity contribution is 5.54. The van der Waals surface area contributed by atoms with Crippen molar-refractivity contribution < 1.29 is 4.74 Å². The predicted molar refractivity (Wildman–Crippen MR) is 131 cm³/mol. The third-order valence-electron chi connectivity index (χ3n) is 7.00. The zero-order valence-electron chi connectivity index (χ0n) is 20.1. The molecule has 5 rings (SSSR count). The molecule has 6 heteroatoms. The lowest BCUT2D eigenvalue weighted by Crippen LogP contribution is -2.27. The molecule has 0 atom stereocenters. The number of hydrogen-bond acceptors (Lipinski definition) is 5. The van der Waals surface area contributed by atoms with Gasteiger partial charge < -0.3 is 9.64 Å². The van der Waals surface area contributed by atoms with Crippen LogP contribution in [0.2, 0.25) is 0 Å². The van der Waals surface area contributed by atoms with Crippen LogP contribution in [-0.4, -0.2) is 32.8 Å². The molecule has 1 saturated carbocycles. The summed E-state index contributed by atoms with van der Waals surface area (Å²) in [6.45, 7) is 10.2. The van der Waals surface area contributed by atoms with Gasteiger partial charge in [-0.2, -0.15) is 0 Å². The Morgan fingerprint density at radius 3 is 2.55 bits per heavy atom. The summed E-state index contributed by atoms with van der Waals surface area (Å²) in [6.07, 6.45) is 7.00. The quantitative estimate of drug-likeness (QED) is 0.446. The number of pyridine rings is 1. The van der Waals surface area contributed by atoms with Crippen molar-refractivity contribution in [3.63, 3.8) is 0 Å². The molecule has 1 saturated heterocycles. The Morgan fingerprint density at radius 2 is 1.85 bits per heavy atom. The molecular weight excluding hydrogens is 410 g/mol. The molecule has 2 fully saturated rings. The first-order valence-electron chi connectivity index (χ1n) is 12.4. The number of aromatic nitrogens is 4. The molecule has 0 amide bonds. The number of ether oxygens (including phenoxy) is 1. The van der Waals surface area contributed by atoms with Crippen molar-refractivity contribution in [2.45, 2.75) is 65.5 Å². The number of anilines is 1. The van der Waals surface area contributed by atoms with Gasteiger partial charge >= 0.3 is 0 Å². The molecule has 174 valence electrons. The molecule has 3 heterocycles. The Balaban J connectivity index is 1.37. The van der Waals surface area contributed by atoms with Crippen molar-refractivity contribution in [1.82, 2.24) is 19.7 Å². The van der Waals surface area contributed by atoms with Gasteiger partial charge in [0.15, 0.2) is 11.6 Å². The third kappa shape index (κ3) is 4.90. The minimum Gasteiger partial charge on any atom is -0.485 e. The van der Waals surface area contributed by atoms with Crippen LogP contribution in [0.3, 0.4) is 0 Å². The fourth-order valence-electron chi connectivity index (χ4n) is 5.11. The summed E-state index contributed by atoms with van der Waals surface area (Å²) >= 11 is 0. The highest BCUT2D eigenvalue weighted by atomic mass is 16.5. The van der Waals surface area contributed by atoms with E-state index in [0.29, 0.717) is 24.3 Å². The summed E-state index contributed by atoms with van der Waals surface area (Å²) in [7, 11) is 0. The van der Waals surface area contributed by atoms with E-state index in [1.54, 1.807) is 0 Å². The lowest BCUT2D eigenvalue weighted by Gasteiger charge is -2.32. The van der Waals surface area contributed by atoms with Gasteiger partial charge in [-0.15, -0.1) is 5.10 Å². The molecule has 0 bridgehead atoms. The first kappa shape index (κ1) is 21.9. The van der Waals surface area contributed by atoms with E-state index in [-0.39, 0.29) is 0 Å². The summed E-state index contributed by atoms with van der Waals surface area (Å²) < 4.78 is 8.32. The van der Waals surface area contributed by atoms with Gasteiger partial charge in [-0.3, -0.25) is 4.98 Å². The summed E-state index contributed by atoms with van der Waals surface area (Å²) in [6, 6.07) is 12.5. The molecule has 3 aromatic rings. The molecule has 2 aliphatic rings. The zero-order valence-corrected chi connectivity index (χ0v) is 20.1. The van der Waals surface area contributed by atoms with E-state index in [4.69, 9.17) is 19.8 Å². The summed E-state index contributed by atoms with van der Waals surface area (Å²) in [5, 5.41) is 4.87. The SMILES string of the molecule is CC1CC(Cn2nc(-c3ccc(N4CCCC4)cn3)nc2COc2ccccc2C(C)C)C1. The number of para-hydroxylation sites is 1. The molecule has 0 spiro atoms. The van der Waals surface area contributed by atoms with Crippen LogP contribution >= 0.6 is 0 Å². The maximum absolute atomic E-state index is 6.26. The normalized spacial score (nSPS) is 20.3. The maximum Gasteiger partial charge on any atom is 0.200 e. The van der Waals surface area contributed by atoms with Crippen LogP contribution in [0, 0.1) is 11.8 Å². The molecule has 1 aliphatic heterocycles. The van der Waals surface area contributed by atoms with Crippen molar-refractivity contribution in [1.29, 1.82) is 0 Å². The molecule has 0 unspecified atom stereocenters. The van der Waals surface area contributed by atoms with Crippen LogP contribution in [0.4, 0.5) is 5.69 Å². The minimum absolute atomic E-state index is 0.407. The Kier molecular flexibility index (Phi) is 6.34. The second kappa shape index (κ2) is 9.54. The van der Waals surface area contributed by atoms with Crippen LogP contribution in [0.15, 0.2) is 42.6 Å². The lowest BCUT2D eigenvalue weighted by atomic mass is 9.76. The van der Waals surface area contributed by atoms with Gasteiger partial charge in [0.1, 0.15) is 18.1 Å². The monoisotopic (exact) mass is 445 g/mol. The molecule has 33 heavy (non-hydrogen) atoms. The van der Waals surface area contributed by atoms with Gasteiger partial charge in [0.25, 0.3) is 0 Å². The van der Waals surface area contributed by atoms with E-state index in [9.17, 15) is 0 Å². The first-order valence-corrected chi connectivity index (χ1v) is 12.4. The van der Waals surface area contributed by atoms with E-state index < -0.39 is 0 Å². The molecule has 2 aromatic heterocycles. The van der Waals surface area contributed by atoms with Gasteiger partial charge in [-0.25, -0.2) is 9.67 Å². The minimum atomic E-state index is 0.407. The molecule has 0 radical (unpaired) electrons. The van der Waals surface area contributed by atoms with Gasteiger partial charge in [-0.05, 0) is 67.2 Å². The van der Waals surface area contributed by atoms with E-state index in [1.165, 1.54) is 36.9 Å². The topological polar surface area (TPSA) is 56.1 Å². The third-order valence-corrected chi connectivity index (χ3v) is 7.00. The van der Waals surface area contributed by atoms with Crippen LogP contribution in [0.5, 0.6) is 5.75 Å². The molecule has 1 aromatic carbocycles. The number of nitrogens with zero attached hydrogens (tertiary/aromatic N) is 5. The molecule has 0 N–H and O–H groups in total. The highest BCUT2D eigenvalue weighted by Gasteiger charge is 2.27. The zero-order chi connectivity index (χ0) is 22.8. The van der Waals surface area contributed by atoms with E-state index in [0.717, 1.165) is 42.8 Å². The van der Waals surface area contributed by atoms with Crippen molar-refractivity contribution in [3.05, 3.63) is 54.0 Å².